The van der Waals surface area contributed by atoms with Crippen LogP contribution in [0.25, 0.3) is 5.69 Å². The number of aryl methyl sites for hydroxylation is 3. The van der Waals surface area contributed by atoms with Gasteiger partial charge in [0.15, 0.2) is 17.5 Å². The predicted octanol–water partition coefficient (Wildman–Crippen LogP) is 7.19. The molecule has 0 radical (unpaired) electrons. The minimum Gasteiger partial charge on any atom is -0.467 e. The molecule has 0 saturated carbocycles. The molecule has 7 rings (SSSR count). The first-order chi connectivity index (χ1) is 18.6. The third-order valence-corrected chi connectivity index (χ3v) is 7.01. The molecule has 0 bridgehead atoms. The lowest BCUT2D eigenvalue weighted by Crippen LogP contribution is -2.46. The Morgan fingerprint density at radius 2 is 1.66 bits per heavy atom. The van der Waals surface area contributed by atoms with E-state index < -0.39 is 0 Å². The molecular weight excluding hydrogens is 472 g/mol. The highest BCUT2D eigenvalue weighted by Crippen LogP contribution is 2.48. The van der Waals surface area contributed by atoms with Crippen LogP contribution in [0.3, 0.4) is 0 Å². The van der Waals surface area contributed by atoms with Crippen molar-refractivity contribution >= 4 is 34.6 Å². The Balaban J connectivity index is 1.49. The molecule has 1 atom stereocenters. The van der Waals surface area contributed by atoms with Crippen LogP contribution in [-0.4, -0.2) is 21.5 Å². The molecule has 7 heteroatoms. The molecule has 38 heavy (non-hydrogen) atoms. The number of para-hydroxylation sites is 2. The van der Waals surface area contributed by atoms with Crippen LogP contribution in [0.1, 0.15) is 34.2 Å². The summed E-state index contributed by atoms with van der Waals surface area (Å²) in [5.41, 5.74) is 8.01. The van der Waals surface area contributed by atoms with E-state index in [0.717, 1.165) is 51.1 Å². The number of aliphatic imine (C=N–C) groups is 2. The van der Waals surface area contributed by atoms with Gasteiger partial charge in [0.1, 0.15) is 11.8 Å². The van der Waals surface area contributed by atoms with Crippen LogP contribution in [0.15, 0.2) is 106 Å². The second kappa shape index (κ2) is 8.59. The first-order valence-electron chi connectivity index (χ1n) is 12.7. The van der Waals surface area contributed by atoms with Crippen LogP contribution >= 0.6 is 0 Å². The Kier molecular flexibility index (Phi) is 5.04. The second-order valence-corrected chi connectivity index (χ2v) is 9.74. The molecule has 0 aliphatic carbocycles. The molecule has 5 aromatic rings. The summed E-state index contributed by atoms with van der Waals surface area (Å²) in [6, 6.07) is 28.4. The van der Waals surface area contributed by atoms with Gasteiger partial charge in [0.05, 0.1) is 34.6 Å². The first-order valence-corrected chi connectivity index (χ1v) is 12.7. The summed E-state index contributed by atoms with van der Waals surface area (Å²) < 4.78 is 7.98. The Hall–Kier alpha value is -4.91. The van der Waals surface area contributed by atoms with E-state index in [1.807, 2.05) is 54.1 Å². The van der Waals surface area contributed by atoms with Crippen molar-refractivity contribution < 1.29 is 4.42 Å². The summed E-state index contributed by atoms with van der Waals surface area (Å²) in [5.74, 6) is 2.98. The molecule has 1 unspecified atom stereocenters. The smallest absolute Gasteiger partial charge is 0.179 e. The zero-order valence-corrected chi connectivity index (χ0v) is 21.4. The number of hydrogen-bond acceptors (Lipinski definition) is 6. The average Bonchev–Trinajstić information content (AvgIpc) is 3.57. The lowest BCUT2D eigenvalue weighted by atomic mass is 9.98. The standard InChI is InChI=1S/C31H26N6O/c1-19-13-15-23(16-14-19)37-30-27(21(3)35-37)28(26-12-7-17-38-26)36-25-11-5-4-10-24(25)33-29(31(36)34-30)32-22-9-6-8-20(2)18-22/h4-18,28H,1-3H3,(H,32,33). The van der Waals surface area contributed by atoms with Crippen molar-refractivity contribution in [1.82, 2.24) is 9.78 Å². The summed E-state index contributed by atoms with van der Waals surface area (Å²) in [4.78, 5) is 12.5. The fourth-order valence-corrected chi connectivity index (χ4v) is 5.24. The first kappa shape index (κ1) is 22.3. The summed E-state index contributed by atoms with van der Waals surface area (Å²) in [5, 5.41) is 8.52. The lowest BCUT2D eigenvalue weighted by Gasteiger charge is -2.39. The number of anilines is 2. The molecule has 4 heterocycles. The topological polar surface area (TPSA) is 71.0 Å². The van der Waals surface area contributed by atoms with Gasteiger partial charge >= 0.3 is 0 Å². The maximum Gasteiger partial charge on any atom is 0.179 e. The van der Waals surface area contributed by atoms with Crippen LogP contribution in [0, 0.1) is 20.8 Å². The number of benzene rings is 3. The molecule has 0 spiro atoms. The van der Waals surface area contributed by atoms with Crippen LogP contribution in [-0.2, 0) is 0 Å². The van der Waals surface area contributed by atoms with Crippen LogP contribution in [0.5, 0.6) is 0 Å². The molecule has 2 aromatic heterocycles. The number of hydrogen-bond donors (Lipinski definition) is 1. The van der Waals surface area contributed by atoms with Gasteiger partial charge in [-0.25, -0.2) is 14.7 Å². The van der Waals surface area contributed by atoms with Crippen molar-refractivity contribution in [1.29, 1.82) is 0 Å². The maximum absolute atomic E-state index is 6.05. The van der Waals surface area contributed by atoms with E-state index in [9.17, 15) is 0 Å². The van der Waals surface area contributed by atoms with E-state index in [1.54, 1.807) is 6.26 Å². The predicted molar refractivity (Wildman–Crippen MR) is 152 cm³/mol. The van der Waals surface area contributed by atoms with E-state index >= 15 is 0 Å². The minimum absolute atomic E-state index is 0.266. The van der Waals surface area contributed by atoms with Crippen molar-refractivity contribution in [2.24, 2.45) is 9.98 Å². The van der Waals surface area contributed by atoms with Crippen molar-refractivity contribution in [3.8, 4) is 5.69 Å². The molecule has 186 valence electrons. The normalized spacial score (nSPS) is 15.8. The quantitative estimate of drug-likeness (QED) is 0.286. The number of amidine groups is 2. The summed E-state index contributed by atoms with van der Waals surface area (Å²) in [6.45, 7) is 6.20. The second-order valence-electron chi connectivity index (χ2n) is 9.74. The zero-order valence-electron chi connectivity index (χ0n) is 21.4. The van der Waals surface area contributed by atoms with E-state index in [0.29, 0.717) is 11.7 Å². The Morgan fingerprint density at radius 3 is 2.45 bits per heavy atom. The van der Waals surface area contributed by atoms with Gasteiger partial charge < -0.3 is 14.6 Å². The highest BCUT2D eigenvalue weighted by Gasteiger charge is 2.42. The summed E-state index contributed by atoms with van der Waals surface area (Å²) in [7, 11) is 0. The van der Waals surface area contributed by atoms with Gasteiger partial charge in [0.25, 0.3) is 0 Å². The van der Waals surface area contributed by atoms with E-state index in [1.165, 1.54) is 5.56 Å². The number of furan rings is 1. The Morgan fingerprint density at radius 1 is 0.816 bits per heavy atom. The minimum atomic E-state index is -0.266. The van der Waals surface area contributed by atoms with Gasteiger partial charge in [-0.2, -0.15) is 5.10 Å². The van der Waals surface area contributed by atoms with Crippen molar-refractivity contribution in [3.05, 3.63) is 119 Å². The fraction of sp³-hybridized carbons (Fsp3) is 0.129. The van der Waals surface area contributed by atoms with Gasteiger partial charge in [0, 0.05) is 5.69 Å². The van der Waals surface area contributed by atoms with Crippen LogP contribution in [0.2, 0.25) is 0 Å². The third-order valence-electron chi connectivity index (χ3n) is 7.01. The van der Waals surface area contributed by atoms with Gasteiger partial charge in [-0.05, 0) is 74.9 Å². The number of rotatable bonds is 3. The summed E-state index contributed by atoms with van der Waals surface area (Å²) in [6.07, 6.45) is 1.72. The largest absolute Gasteiger partial charge is 0.467 e. The van der Waals surface area contributed by atoms with Crippen LogP contribution in [0.4, 0.5) is 22.9 Å². The zero-order chi connectivity index (χ0) is 25.8. The average molecular weight is 499 g/mol. The molecule has 3 aromatic carbocycles. The maximum atomic E-state index is 6.05. The van der Waals surface area contributed by atoms with Gasteiger partial charge in [-0.15, -0.1) is 0 Å². The van der Waals surface area contributed by atoms with E-state index in [4.69, 9.17) is 19.5 Å². The Labute approximate surface area is 220 Å². The third kappa shape index (κ3) is 3.55. The molecule has 0 fully saturated rings. The number of nitrogens with one attached hydrogen (secondary N) is 1. The molecule has 7 nitrogen and oxygen atoms in total. The molecular formula is C31H26N6O. The van der Waals surface area contributed by atoms with E-state index in [2.05, 4.69) is 66.5 Å². The SMILES string of the molecule is Cc1ccc(-n2nc(C)c3c2N=C2C(Nc4cccc(C)c4)=Nc4ccccc4N2C3c2ccco2)cc1. The molecule has 0 saturated heterocycles. The molecule has 1 N–H and O–H groups in total. The molecule has 2 aliphatic rings. The van der Waals surface area contributed by atoms with Gasteiger partial charge in [0.2, 0.25) is 0 Å². The van der Waals surface area contributed by atoms with E-state index in [-0.39, 0.29) is 6.04 Å². The monoisotopic (exact) mass is 498 g/mol. The highest BCUT2D eigenvalue weighted by molar-refractivity contribution is 6.51. The number of nitrogens with zero attached hydrogens (tertiary/aromatic N) is 5. The molecule has 2 aliphatic heterocycles. The number of aromatic nitrogens is 2. The van der Waals surface area contributed by atoms with Crippen molar-refractivity contribution in [2.45, 2.75) is 26.8 Å². The van der Waals surface area contributed by atoms with Crippen LogP contribution < -0.4 is 10.2 Å². The lowest BCUT2D eigenvalue weighted by molar-refractivity contribution is 0.487. The summed E-state index contributed by atoms with van der Waals surface area (Å²) >= 11 is 0. The Bertz CT molecular complexity index is 1730. The molecule has 0 amide bonds. The number of fused-ring (bicyclic) bond motifs is 4. The van der Waals surface area contributed by atoms with Crippen molar-refractivity contribution in [3.63, 3.8) is 0 Å². The highest BCUT2D eigenvalue weighted by atomic mass is 16.3. The fourth-order valence-electron chi connectivity index (χ4n) is 5.24. The van der Waals surface area contributed by atoms with Crippen molar-refractivity contribution in [2.75, 3.05) is 10.2 Å². The van der Waals surface area contributed by atoms with Gasteiger partial charge in [-0.3, -0.25) is 0 Å². The van der Waals surface area contributed by atoms with Gasteiger partial charge in [-0.1, -0.05) is 42.0 Å².